The smallest absolute Gasteiger partial charge is 0.266 e. The van der Waals surface area contributed by atoms with Crippen LogP contribution in [0.3, 0.4) is 0 Å². The molecule has 3 aromatic rings. The van der Waals surface area contributed by atoms with E-state index in [2.05, 4.69) is 30.5 Å². The Morgan fingerprint density at radius 1 is 1.16 bits per heavy atom. The molecule has 2 aromatic carbocycles. The average Bonchev–Trinajstić information content (AvgIpc) is 3.41. The van der Waals surface area contributed by atoms with Crippen molar-refractivity contribution in [3.8, 4) is 5.75 Å². The molecule has 8 heteroatoms. The first-order valence-corrected chi connectivity index (χ1v) is 14.4. The molecule has 0 aliphatic carbocycles. The van der Waals surface area contributed by atoms with Crippen LogP contribution in [-0.4, -0.2) is 50.7 Å². The first-order chi connectivity index (χ1) is 18.4. The Bertz CT molecular complexity index is 1400. The van der Waals surface area contributed by atoms with E-state index in [0.717, 1.165) is 60.1 Å². The summed E-state index contributed by atoms with van der Waals surface area (Å²) in [4.78, 5) is 30.8. The van der Waals surface area contributed by atoms with Crippen molar-refractivity contribution in [2.24, 2.45) is 5.92 Å². The van der Waals surface area contributed by atoms with Crippen LogP contribution in [0.5, 0.6) is 5.75 Å². The van der Waals surface area contributed by atoms with Crippen molar-refractivity contribution in [3.05, 3.63) is 70.3 Å². The van der Waals surface area contributed by atoms with Crippen LogP contribution in [-0.2, 0) is 29.1 Å². The lowest BCUT2D eigenvalue weighted by molar-refractivity contribution is -0.133. The van der Waals surface area contributed by atoms with E-state index in [9.17, 15) is 9.59 Å². The molecule has 2 saturated heterocycles. The first-order valence-electron chi connectivity index (χ1n) is 13.1. The van der Waals surface area contributed by atoms with Crippen molar-refractivity contribution >= 4 is 57.1 Å². The average molecular weight is 548 g/mol. The number of aromatic nitrogens is 1. The molecule has 3 heterocycles. The van der Waals surface area contributed by atoms with Gasteiger partial charge in [0, 0.05) is 30.2 Å². The summed E-state index contributed by atoms with van der Waals surface area (Å²) in [5, 5.41) is 1.05. The van der Waals surface area contributed by atoms with Gasteiger partial charge in [0.1, 0.15) is 16.6 Å². The molecule has 5 rings (SSSR count). The van der Waals surface area contributed by atoms with E-state index in [4.69, 9.17) is 17.0 Å². The van der Waals surface area contributed by atoms with Gasteiger partial charge in [0.2, 0.25) is 5.91 Å². The van der Waals surface area contributed by atoms with Gasteiger partial charge in [0.15, 0.2) is 0 Å². The van der Waals surface area contributed by atoms with E-state index in [1.54, 1.807) is 12.0 Å². The number of aryl methyl sites for hydroxylation is 1. The highest BCUT2D eigenvalue weighted by Gasteiger charge is 2.32. The topological polar surface area (TPSA) is 54.8 Å². The second kappa shape index (κ2) is 11.3. The molecule has 0 spiro atoms. The minimum Gasteiger partial charge on any atom is -0.497 e. The van der Waals surface area contributed by atoms with E-state index in [1.807, 2.05) is 47.5 Å². The van der Waals surface area contributed by atoms with Gasteiger partial charge >= 0.3 is 0 Å². The number of methoxy groups -OCH3 is 1. The highest BCUT2D eigenvalue weighted by Crippen LogP contribution is 2.36. The number of carbonyl (C=O) groups excluding carboxylic acids is 2. The van der Waals surface area contributed by atoms with Crippen molar-refractivity contribution in [2.45, 2.75) is 46.2 Å². The Labute approximate surface area is 233 Å². The van der Waals surface area contributed by atoms with Crippen LogP contribution in [0.1, 0.15) is 43.4 Å². The number of thiocarbonyl (C=S) groups is 1. The fourth-order valence-corrected chi connectivity index (χ4v) is 6.43. The van der Waals surface area contributed by atoms with Gasteiger partial charge in [-0.1, -0.05) is 68.2 Å². The largest absolute Gasteiger partial charge is 0.497 e. The van der Waals surface area contributed by atoms with Crippen molar-refractivity contribution < 1.29 is 14.3 Å². The van der Waals surface area contributed by atoms with Crippen LogP contribution < -0.4 is 4.74 Å². The van der Waals surface area contributed by atoms with E-state index in [0.29, 0.717) is 28.2 Å². The van der Waals surface area contributed by atoms with Crippen molar-refractivity contribution in [2.75, 3.05) is 20.2 Å². The molecule has 2 aliphatic heterocycles. The Kier molecular flexibility index (Phi) is 7.91. The summed E-state index contributed by atoms with van der Waals surface area (Å²) in [5.74, 6) is 1.50. The fourth-order valence-electron chi connectivity index (χ4n) is 5.19. The molecule has 1 aromatic heterocycles. The van der Waals surface area contributed by atoms with Crippen LogP contribution in [0.25, 0.3) is 17.0 Å². The summed E-state index contributed by atoms with van der Waals surface area (Å²) >= 11 is 6.91. The number of hydrogen-bond donors (Lipinski definition) is 0. The Morgan fingerprint density at radius 2 is 1.89 bits per heavy atom. The van der Waals surface area contributed by atoms with Crippen LogP contribution in [0.4, 0.5) is 0 Å². The number of likely N-dealkylation sites (tertiary alicyclic amines) is 1. The lowest BCUT2D eigenvalue weighted by atomic mass is 9.99. The van der Waals surface area contributed by atoms with Gasteiger partial charge < -0.3 is 14.2 Å². The number of hydrogen-bond acceptors (Lipinski definition) is 5. The molecule has 198 valence electrons. The maximum absolute atomic E-state index is 13.4. The number of fused-ring (bicyclic) bond motifs is 1. The van der Waals surface area contributed by atoms with E-state index >= 15 is 0 Å². The zero-order valence-electron chi connectivity index (χ0n) is 22.1. The SMILES string of the molecule is CCc1cccc2c(/C=C3\SC(=S)N(Cc4ccc(OC)cc4)C3=O)cn(CC(=O)N3CCC(C)CC3)c12. The third-order valence-electron chi connectivity index (χ3n) is 7.50. The van der Waals surface area contributed by atoms with Gasteiger partial charge in [0.05, 0.1) is 24.1 Å². The molecule has 38 heavy (non-hydrogen) atoms. The minimum atomic E-state index is -0.0955. The number of nitrogens with zero attached hydrogens (tertiary/aromatic N) is 3. The predicted octanol–water partition coefficient (Wildman–Crippen LogP) is 5.87. The predicted molar refractivity (Wildman–Crippen MR) is 158 cm³/mol. The van der Waals surface area contributed by atoms with Gasteiger partial charge in [-0.25, -0.2) is 0 Å². The minimum absolute atomic E-state index is 0.0955. The molecule has 0 saturated carbocycles. The van der Waals surface area contributed by atoms with Gasteiger partial charge in [-0.3, -0.25) is 14.5 Å². The zero-order valence-corrected chi connectivity index (χ0v) is 23.7. The maximum Gasteiger partial charge on any atom is 0.266 e. The van der Waals surface area contributed by atoms with Crippen LogP contribution in [0.15, 0.2) is 53.6 Å². The number of thioether (sulfide) groups is 1. The maximum atomic E-state index is 13.4. The summed E-state index contributed by atoms with van der Waals surface area (Å²) in [6.07, 6.45) is 6.92. The molecule has 0 atom stereocenters. The summed E-state index contributed by atoms with van der Waals surface area (Å²) in [6, 6.07) is 13.9. The first kappa shape index (κ1) is 26.5. The zero-order chi connectivity index (χ0) is 26.8. The van der Waals surface area contributed by atoms with Crippen LogP contribution >= 0.6 is 24.0 Å². The Balaban J connectivity index is 1.42. The number of piperidine rings is 1. The normalized spacial score (nSPS) is 17.7. The molecule has 0 radical (unpaired) electrons. The standard InChI is InChI=1S/C30H33N3O3S2/c1-4-22-6-5-7-25-23(18-32(28(22)25)19-27(34)31-14-12-20(2)13-15-31)16-26-29(35)33(30(37)38-26)17-21-8-10-24(36-3)11-9-21/h5-11,16,18,20H,4,12-15,17,19H2,1-3H3/b26-16-. The van der Waals surface area contributed by atoms with E-state index < -0.39 is 0 Å². The quantitative estimate of drug-likeness (QED) is 0.274. The summed E-state index contributed by atoms with van der Waals surface area (Å²) in [7, 11) is 1.63. The third-order valence-corrected chi connectivity index (χ3v) is 8.87. The molecule has 2 fully saturated rings. The van der Waals surface area contributed by atoms with E-state index in [1.165, 1.54) is 17.3 Å². The van der Waals surface area contributed by atoms with E-state index in [-0.39, 0.29) is 11.8 Å². The molecule has 0 bridgehead atoms. The second-order valence-electron chi connectivity index (χ2n) is 10.1. The Morgan fingerprint density at radius 3 is 2.58 bits per heavy atom. The molecule has 2 aliphatic rings. The highest BCUT2D eigenvalue weighted by molar-refractivity contribution is 8.26. The highest BCUT2D eigenvalue weighted by atomic mass is 32.2. The third kappa shape index (κ3) is 5.38. The second-order valence-corrected chi connectivity index (χ2v) is 11.7. The number of benzene rings is 2. The number of carbonyl (C=O) groups is 2. The summed E-state index contributed by atoms with van der Waals surface area (Å²) < 4.78 is 7.85. The molecular formula is C30H33N3O3S2. The van der Waals surface area contributed by atoms with Gasteiger partial charge in [-0.15, -0.1) is 0 Å². The van der Waals surface area contributed by atoms with Crippen LogP contribution in [0.2, 0.25) is 0 Å². The number of amides is 2. The lowest BCUT2D eigenvalue weighted by Gasteiger charge is -2.30. The lowest BCUT2D eigenvalue weighted by Crippen LogP contribution is -2.39. The van der Waals surface area contributed by atoms with Gasteiger partial charge in [-0.2, -0.15) is 0 Å². The fraction of sp³-hybridized carbons (Fsp3) is 0.367. The van der Waals surface area contributed by atoms with Gasteiger partial charge in [-0.05, 0) is 54.5 Å². The molecule has 0 N–H and O–H groups in total. The van der Waals surface area contributed by atoms with Crippen molar-refractivity contribution in [3.63, 3.8) is 0 Å². The van der Waals surface area contributed by atoms with Gasteiger partial charge in [0.25, 0.3) is 5.91 Å². The number of para-hydroxylation sites is 1. The van der Waals surface area contributed by atoms with Crippen LogP contribution in [0, 0.1) is 5.92 Å². The summed E-state index contributed by atoms with van der Waals surface area (Å²) in [5.41, 5.74) is 4.17. The number of rotatable bonds is 7. The molecule has 6 nitrogen and oxygen atoms in total. The summed E-state index contributed by atoms with van der Waals surface area (Å²) in [6.45, 7) is 6.74. The molecule has 0 unspecified atom stereocenters. The monoisotopic (exact) mass is 547 g/mol. The Hall–Kier alpha value is -3.10. The number of ether oxygens (including phenoxy) is 1. The molecule has 2 amide bonds. The van der Waals surface area contributed by atoms with Crippen molar-refractivity contribution in [1.82, 2.24) is 14.4 Å². The van der Waals surface area contributed by atoms with Crippen molar-refractivity contribution in [1.29, 1.82) is 0 Å². The molecular weight excluding hydrogens is 514 g/mol.